The van der Waals surface area contributed by atoms with Gasteiger partial charge < -0.3 is 15.2 Å². The zero-order chi connectivity index (χ0) is 24.8. The van der Waals surface area contributed by atoms with E-state index in [1.54, 1.807) is 30.3 Å². The minimum Gasteiger partial charge on any atom is -0.481 e. The average molecular weight is 472 g/mol. The third kappa shape index (κ3) is 6.03. The number of amides is 1. The molecule has 0 bridgehead atoms. The molecule has 4 rings (SSSR count). The molecule has 0 aliphatic carbocycles. The Balaban J connectivity index is 1.61. The van der Waals surface area contributed by atoms with Crippen molar-refractivity contribution < 1.29 is 23.8 Å². The van der Waals surface area contributed by atoms with Crippen LogP contribution < -0.4 is 10.1 Å². The summed E-state index contributed by atoms with van der Waals surface area (Å²) in [7, 11) is 0. The van der Waals surface area contributed by atoms with Crippen LogP contribution in [0.5, 0.6) is 11.5 Å². The summed E-state index contributed by atoms with van der Waals surface area (Å²) in [6.45, 7) is 1.93. The summed E-state index contributed by atoms with van der Waals surface area (Å²) >= 11 is 0. The molecule has 0 aromatic heterocycles. The van der Waals surface area contributed by atoms with E-state index in [2.05, 4.69) is 5.32 Å². The van der Waals surface area contributed by atoms with Crippen molar-refractivity contribution in [1.29, 1.82) is 0 Å². The number of rotatable bonds is 9. The summed E-state index contributed by atoms with van der Waals surface area (Å²) in [5.41, 5.74) is 2.12. The maximum atomic E-state index is 13.6. The van der Waals surface area contributed by atoms with E-state index in [0.717, 1.165) is 21.9 Å². The maximum Gasteiger partial charge on any atom is 0.303 e. The summed E-state index contributed by atoms with van der Waals surface area (Å²) in [5, 5.41) is 14.2. The number of fused-ring (bicyclic) bond motifs is 1. The molecule has 4 aromatic rings. The number of carbonyl (C=O) groups excluding carboxylic acids is 1. The Morgan fingerprint density at radius 3 is 2.49 bits per heavy atom. The Labute approximate surface area is 203 Å². The largest absolute Gasteiger partial charge is 0.481 e. The van der Waals surface area contributed by atoms with E-state index in [1.165, 1.54) is 12.1 Å². The first kappa shape index (κ1) is 24.0. The number of carboxylic acid groups (broad SMARTS) is 1. The number of aryl methyl sites for hydroxylation is 1. The van der Waals surface area contributed by atoms with Crippen LogP contribution in [0.1, 0.15) is 47.3 Å². The molecule has 178 valence electrons. The highest BCUT2D eigenvalue weighted by Gasteiger charge is 2.18. The Bertz CT molecular complexity index is 1360. The molecular weight excluding hydrogens is 445 g/mol. The molecule has 0 heterocycles. The quantitative estimate of drug-likeness (QED) is 0.286. The number of nitrogens with one attached hydrogen (secondary N) is 1. The number of carbonyl (C=O) groups is 2. The van der Waals surface area contributed by atoms with Crippen molar-refractivity contribution in [3.8, 4) is 11.5 Å². The van der Waals surface area contributed by atoms with Gasteiger partial charge in [-0.3, -0.25) is 9.59 Å². The Kier molecular flexibility index (Phi) is 7.41. The second-order valence-electron chi connectivity index (χ2n) is 8.39. The molecule has 0 aliphatic heterocycles. The van der Waals surface area contributed by atoms with Crippen molar-refractivity contribution in [3.05, 3.63) is 107 Å². The van der Waals surface area contributed by atoms with E-state index in [4.69, 9.17) is 9.84 Å². The standard InChI is InChI=1S/C29H26FNO4/c1-19(25-13-4-8-20-7-2-3-12-26(20)25)31-29(34)27-18-24(35-23-11-6-10-22(30)17-23)16-15-21(27)9-5-14-28(32)33/h2-4,6-8,10-13,15-19H,5,9,14H2,1H3,(H,31,34)(H,32,33). The lowest BCUT2D eigenvalue weighted by Gasteiger charge is -2.19. The fraction of sp³-hybridized carbons (Fsp3) is 0.172. The predicted molar refractivity (Wildman–Crippen MR) is 133 cm³/mol. The number of hydrogen-bond acceptors (Lipinski definition) is 3. The molecule has 0 saturated heterocycles. The number of halogens is 1. The van der Waals surface area contributed by atoms with E-state index < -0.39 is 11.8 Å². The normalized spacial score (nSPS) is 11.7. The number of aliphatic carboxylic acids is 1. The topological polar surface area (TPSA) is 75.6 Å². The lowest BCUT2D eigenvalue weighted by Crippen LogP contribution is -2.27. The molecule has 2 N–H and O–H groups in total. The zero-order valence-electron chi connectivity index (χ0n) is 19.3. The maximum absolute atomic E-state index is 13.6. The highest BCUT2D eigenvalue weighted by atomic mass is 19.1. The average Bonchev–Trinajstić information content (AvgIpc) is 2.84. The summed E-state index contributed by atoms with van der Waals surface area (Å²) in [6, 6.07) is 24.6. The molecule has 0 fully saturated rings. The van der Waals surface area contributed by atoms with Gasteiger partial charge in [0.1, 0.15) is 17.3 Å². The van der Waals surface area contributed by atoms with E-state index in [0.29, 0.717) is 29.9 Å². The first-order chi connectivity index (χ1) is 16.9. The second-order valence-corrected chi connectivity index (χ2v) is 8.39. The van der Waals surface area contributed by atoms with Crippen LogP contribution in [0.4, 0.5) is 4.39 Å². The lowest BCUT2D eigenvalue weighted by molar-refractivity contribution is -0.137. The van der Waals surface area contributed by atoms with Gasteiger partial charge in [0, 0.05) is 18.1 Å². The molecule has 0 spiro atoms. The summed E-state index contributed by atoms with van der Waals surface area (Å²) in [4.78, 5) is 24.4. The van der Waals surface area contributed by atoms with Crippen LogP contribution in [0.25, 0.3) is 10.8 Å². The van der Waals surface area contributed by atoms with Gasteiger partial charge in [-0.1, -0.05) is 54.6 Å². The molecule has 1 atom stereocenters. The predicted octanol–water partition coefficient (Wildman–Crippen LogP) is 6.67. The minimum absolute atomic E-state index is 0.00894. The number of hydrogen-bond donors (Lipinski definition) is 2. The van der Waals surface area contributed by atoms with Gasteiger partial charge in [-0.15, -0.1) is 0 Å². The van der Waals surface area contributed by atoms with Crippen molar-refractivity contribution in [2.75, 3.05) is 0 Å². The smallest absolute Gasteiger partial charge is 0.303 e. The Morgan fingerprint density at radius 1 is 0.943 bits per heavy atom. The number of carboxylic acids is 1. The third-order valence-electron chi connectivity index (χ3n) is 5.83. The van der Waals surface area contributed by atoms with Crippen molar-refractivity contribution in [2.45, 2.75) is 32.2 Å². The van der Waals surface area contributed by atoms with Crippen LogP contribution in [-0.2, 0) is 11.2 Å². The summed E-state index contributed by atoms with van der Waals surface area (Å²) < 4.78 is 19.4. The van der Waals surface area contributed by atoms with E-state index >= 15 is 0 Å². The first-order valence-corrected chi connectivity index (χ1v) is 11.5. The van der Waals surface area contributed by atoms with E-state index in [1.807, 2.05) is 49.4 Å². The van der Waals surface area contributed by atoms with Gasteiger partial charge in [-0.25, -0.2) is 4.39 Å². The molecule has 0 radical (unpaired) electrons. The SMILES string of the molecule is CC(NC(=O)c1cc(Oc2cccc(F)c2)ccc1CCCC(=O)O)c1cccc2ccccc12. The molecule has 0 saturated carbocycles. The van der Waals surface area contributed by atoms with Gasteiger partial charge in [0.25, 0.3) is 5.91 Å². The van der Waals surface area contributed by atoms with Crippen molar-refractivity contribution >= 4 is 22.6 Å². The second kappa shape index (κ2) is 10.8. The van der Waals surface area contributed by atoms with Crippen molar-refractivity contribution in [3.63, 3.8) is 0 Å². The third-order valence-corrected chi connectivity index (χ3v) is 5.83. The number of ether oxygens (including phenoxy) is 1. The fourth-order valence-electron chi connectivity index (χ4n) is 4.13. The van der Waals surface area contributed by atoms with Gasteiger partial charge in [-0.2, -0.15) is 0 Å². The highest BCUT2D eigenvalue weighted by Crippen LogP contribution is 2.28. The Hall–Kier alpha value is -4.19. The molecule has 1 amide bonds. The fourth-order valence-corrected chi connectivity index (χ4v) is 4.13. The summed E-state index contributed by atoms with van der Waals surface area (Å²) in [6.07, 6.45) is 0.839. The van der Waals surface area contributed by atoms with Gasteiger partial charge in [-0.05, 0) is 65.9 Å². The van der Waals surface area contributed by atoms with Crippen LogP contribution >= 0.6 is 0 Å². The lowest BCUT2D eigenvalue weighted by atomic mass is 9.98. The van der Waals surface area contributed by atoms with Crippen molar-refractivity contribution in [2.24, 2.45) is 0 Å². The van der Waals surface area contributed by atoms with E-state index in [-0.39, 0.29) is 18.4 Å². The molecule has 35 heavy (non-hydrogen) atoms. The summed E-state index contributed by atoms with van der Waals surface area (Å²) in [5.74, 6) is -0.888. The molecule has 6 heteroatoms. The van der Waals surface area contributed by atoms with Crippen LogP contribution in [0.15, 0.2) is 84.9 Å². The van der Waals surface area contributed by atoms with E-state index in [9.17, 15) is 14.0 Å². The van der Waals surface area contributed by atoms with Gasteiger partial charge in [0.15, 0.2) is 0 Å². The van der Waals surface area contributed by atoms with Gasteiger partial charge in [0.2, 0.25) is 0 Å². The minimum atomic E-state index is -0.883. The van der Waals surface area contributed by atoms with Gasteiger partial charge in [0.05, 0.1) is 6.04 Å². The van der Waals surface area contributed by atoms with Crippen LogP contribution in [0, 0.1) is 5.82 Å². The first-order valence-electron chi connectivity index (χ1n) is 11.5. The molecule has 0 aliphatic rings. The van der Waals surface area contributed by atoms with Crippen LogP contribution in [0.3, 0.4) is 0 Å². The molecule has 5 nitrogen and oxygen atoms in total. The van der Waals surface area contributed by atoms with Gasteiger partial charge >= 0.3 is 5.97 Å². The van der Waals surface area contributed by atoms with Crippen LogP contribution in [-0.4, -0.2) is 17.0 Å². The zero-order valence-corrected chi connectivity index (χ0v) is 19.3. The highest BCUT2D eigenvalue weighted by molar-refractivity contribution is 5.97. The monoisotopic (exact) mass is 471 g/mol. The number of benzene rings is 4. The van der Waals surface area contributed by atoms with Crippen LogP contribution in [0.2, 0.25) is 0 Å². The molecule has 1 unspecified atom stereocenters. The van der Waals surface area contributed by atoms with Crippen molar-refractivity contribution in [1.82, 2.24) is 5.32 Å². The molecule has 4 aromatic carbocycles. The molecular formula is C29H26FNO4. The Morgan fingerprint density at radius 2 is 1.69 bits per heavy atom.